The summed E-state index contributed by atoms with van der Waals surface area (Å²) in [5.74, 6) is -6.51. The summed E-state index contributed by atoms with van der Waals surface area (Å²) in [5.41, 5.74) is -2.34. The first-order chi connectivity index (χ1) is 23.8. The molecule has 274 valence electrons. The number of amides is 4. The number of rotatable bonds is 15. The van der Waals surface area contributed by atoms with Crippen LogP contribution in [0.25, 0.3) is 11.0 Å². The number of carboxylic acids is 1. The third-order valence-corrected chi connectivity index (χ3v) is 7.44. The zero-order valence-electron chi connectivity index (χ0n) is 27.7. The molecule has 3 rings (SSSR count). The molecule has 4 amide bonds. The van der Waals surface area contributed by atoms with Gasteiger partial charge < -0.3 is 41.2 Å². The van der Waals surface area contributed by atoms with Crippen LogP contribution < -0.4 is 32.2 Å². The van der Waals surface area contributed by atoms with Crippen molar-refractivity contribution in [2.75, 3.05) is 11.9 Å². The molecule has 3 aromatic rings. The summed E-state index contributed by atoms with van der Waals surface area (Å²) in [7, 11) is 0. The minimum Gasteiger partial charge on any atom is -0.508 e. The lowest BCUT2D eigenvalue weighted by Crippen LogP contribution is -2.59. The van der Waals surface area contributed by atoms with E-state index >= 15 is 0 Å². The van der Waals surface area contributed by atoms with Gasteiger partial charge in [-0.2, -0.15) is 13.2 Å². The fourth-order valence-electron chi connectivity index (χ4n) is 4.83. The van der Waals surface area contributed by atoms with Crippen molar-refractivity contribution < 1.29 is 56.6 Å². The first-order valence-corrected chi connectivity index (χ1v) is 15.4. The first-order valence-electron chi connectivity index (χ1n) is 15.4. The van der Waals surface area contributed by atoms with E-state index in [0.717, 1.165) is 18.2 Å². The lowest BCUT2D eigenvalue weighted by atomic mass is 10.0. The number of carboxylic acid groups (broad SMARTS) is 1. The van der Waals surface area contributed by atoms with Gasteiger partial charge in [-0.05, 0) is 42.7 Å². The van der Waals surface area contributed by atoms with Crippen LogP contribution in [-0.2, 0) is 41.4 Å². The predicted octanol–water partition coefficient (Wildman–Crippen LogP) is 1.46. The van der Waals surface area contributed by atoms with Gasteiger partial charge in [-0.1, -0.05) is 26.0 Å². The van der Waals surface area contributed by atoms with Crippen molar-refractivity contribution in [3.05, 3.63) is 70.1 Å². The molecule has 0 saturated carbocycles. The van der Waals surface area contributed by atoms with Crippen molar-refractivity contribution in [3.8, 4) is 5.75 Å². The Morgan fingerprint density at radius 3 is 2.06 bits per heavy atom. The van der Waals surface area contributed by atoms with Crippen LogP contribution in [0.2, 0.25) is 0 Å². The van der Waals surface area contributed by atoms with Crippen LogP contribution in [0.5, 0.6) is 5.75 Å². The number of halogens is 3. The Morgan fingerprint density at radius 2 is 1.49 bits per heavy atom. The topological polar surface area (TPSA) is 233 Å². The second kappa shape index (κ2) is 16.6. The van der Waals surface area contributed by atoms with Gasteiger partial charge in [0.15, 0.2) is 11.8 Å². The Kier molecular flexibility index (Phi) is 12.9. The summed E-state index contributed by atoms with van der Waals surface area (Å²) >= 11 is 0. The molecule has 1 heterocycles. The number of aliphatic carboxylic acids is 1. The fraction of sp³-hybridized carbons (Fsp3) is 0.364. The third kappa shape index (κ3) is 11.0. The molecule has 1 aromatic heterocycles. The monoisotopic (exact) mass is 719 g/mol. The third-order valence-electron chi connectivity index (χ3n) is 7.44. The molecule has 4 atom stereocenters. The number of carbonyl (C=O) groups excluding carboxylic acids is 5. The second-order valence-electron chi connectivity index (χ2n) is 11.9. The van der Waals surface area contributed by atoms with Crippen molar-refractivity contribution in [1.82, 2.24) is 21.3 Å². The van der Waals surface area contributed by atoms with E-state index in [9.17, 15) is 56.9 Å². The molecule has 0 unspecified atom stereocenters. The van der Waals surface area contributed by atoms with Gasteiger partial charge in [0.1, 0.15) is 29.5 Å². The zero-order chi connectivity index (χ0) is 38.2. The van der Waals surface area contributed by atoms with Crippen molar-refractivity contribution in [1.29, 1.82) is 0 Å². The van der Waals surface area contributed by atoms with Gasteiger partial charge in [-0.15, -0.1) is 0 Å². The molecule has 0 bridgehead atoms. The molecule has 0 aliphatic heterocycles. The molecule has 0 radical (unpaired) electrons. The Labute approximate surface area is 288 Å². The molecule has 0 saturated heterocycles. The number of ketones is 1. The lowest BCUT2D eigenvalue weighted by molar-refractivity contribution is -0.146. The molecular weight excluding hydrogens is 683 g/mol. The normalized spacial score (nSPS) is 13.7. The van der Waals surface area contributed by atoms with Crippen LogP contribution in [0.15, 0.2) is 57.7 Å². The molecule has 51 heavy (non-hydrogen) atoms. The molecule has 18 heteroatoms. The van der Waals surface area contributed by atoms with Crippen LogP contribution in [0.1, 0.15) is 38.8 Å². The van der Waals surface area contributed by atoms with Crippen LogP contribution in [0.4, 0.5) is 18.9 Å². The fourth-order valence-corrected chi connectivity index (χ4v) is 4.83. The van der Waals surface area contributed by atoms with Gasteiger partial charge >= 0.3 is 17.8 Å². The van der Waals surface area contributed by atoms with E-state index in [4.69, 9.17) is 4.42 Å². The highest BCUT2D eigenvalue weighted by Crippen LogP contribution is 2.34. The summed E-state index contributed by atoms with van der Waals surface area (Å²) in [6, 6.07) is 3.51. The first kappa shape index (κ1) is 39.5. The Balaban J connectivity index is 1.65. The lowest BCUT2D eigenvalue weighted by Gasteiger charge is -2.26. The minimum absolute atomic E-state index is 0.00000296. The van der Waals surface area contributed by atoms with Crippen molar-refractivity contribution in [3.63, 3.8) is 0 Å². The Hall–Kier alpha value is -5.94. The highest BCUT2D eigenvalue weighted by Gasteiger charge is 2.35. The van der Waals surface area contributed by atoms with Crippen molar-refractivity contribution >= 4 is 52.0 Å². The molecule has 0 spiro atoms. The minimum atomic E-state index is -4.85. The van der Waals surface area contributed by atoms with Crippen LogP contribution >= 0.6 is 0 Å². The quantitative estimate of drug-likeness (QED) is 0.0878. The maximum Gasteiger partial charge on any atom is 0.417 e. The highest BCUT2D eigenvalue weighted by molar-refractivity contribution is 6.07. The van der Waals surface area contributed by atoms with E-state index in [-0.39, 0.29) is 17.9 Å². The summed E-state index contributed by atoms with van der Waals surface area (Å²) in [5, 5.41) is 30.7. The number of Topliss-reactive ketones (excluding diaryl/α,β-unsaturated/α-hetero) is 1. The van der Waals surface area contributed by atoms with Gasteiger partial charge in [0.05, 0.1) is 12.1 Å². The number of nitrogens with one attached hydrogen (secondary N) is 5. The van der Waals surface area contributed by atoms with E-state index in [1.165, 1.54) is 26.0 Å². The van der Waals surface area contributed by atoms with E-state index in [1.54, 1.807) is 26.0 Å². The number of phenols is 1. The number of hydrogen-bond acceptors (Lipinski definition) is 10. The largest absolute Gasteiger partial charge is 0.508 e. The number of anilines is 1. The number of alkyl halides is 3. The van der Waals surface area contributed by atoms with Gasteiger partial charge in [0.25, 0.3) is 0 Å². The second-order valence-corrected chi connectivity index (χ2v) is 11.9. The number of phenolic OH excluding ortho intramolecular Hbond substituents is 1. The van der Waals surface area contributed by atoms with Gasteiger partial charge in [0.2, 0.25) is 23.6 Å². The number of carbonyl (C=O) groups is 6. The Morgan fingerprint density at radius 1 is 0.843 bits per heavy atom. The van der Waals surface area contributed by atoms with Crippen molar-refractivity contribution in [2.45, 2.75) is 64.5 Å². The van der Waals surface area contributed by atoms with Gasteiger partial charge in [-0.25, -0.2) is 9.59 Å². The average molecular weight is 720 g/mol. The molecule has 7 N–H and O–H groups in total. The molecule has 0 aliphatic carbocycles. The number of aromatic hydroxyl groups is 1. The molecule has 0 aliphatic rings. The summed E-state index contributed by atoms with van der Waals surface area (Å²) in [6.07, 6.45) is -4.83. The standard InChI is InChI=1S/C33H36F3N5O10/c1-15(2)27(40-30(47)23(39-17(4)42)11-18-5-8-20(43)9-6-18)31(48)38-16(3)29(46)41-28(32(49)50)24(44)14-37-19-7-10-21-22(33(34,35)36)13-26(45)51-25(21)12-19/h5-10,12-13,15-16,23,27-28,37,43H,11,14H2,1-4H3,(H,38,48)(H,39,42)(H,40,47)(H,41,46)(H,49,50)/t16-,23-,27-,28-/m0/s1. The maximum absolute atomic E-state index is 13.3. The highest BCUT2D eigenvalue weighted by atomic mass is 19.4. The summed E-state index contributed by atoms with van der Waals surface area (Å²) in [4.78, 5) is 87.4. The average Bonchev–Trinajstić information content (AvgIpc) is 3.03. The van der Waals surface area contributed by atoms with E-state index in [2.05, 4.69) is 21.3 Å². The maximum atomic E-state index is 13.3. The summed E-state index contributed by atoms with van der Waals surface area (Å²) < 4.78 is 44.8. The van der Waals surface area contributed by atoms with Crippen molar-refractivity contribution in [2.24, 2.45) is 5.92 Å². The molecular formula is C33H36F3N5O10. The van der Waals surface area contributed by atoms with E-state index < -0.39 is 100 Å². The van der Waals surface area contributed by atoms with E-state index in [1.807, 2.05) is 5.32 Å². The SMILES string of the molecule is CC(=O)N[C@@H](Cc1ccc(O)cc1)C(=O)N[C@H](C(=O)N[C@@H](C)C(=O)N[C@H](C(=O)O)C(=O)CNc1ccc2c(C(F)(F)F)cc(=O)oc2c1)C(C)C. The van der Waals surface area contributed by atoms with Crippen LogP contribution in [-0.4, -0.2) is 76.3 Å². The molecule has 0 fully saturated rings. The van der Waals surface area contributed by atoms with Gasteiger partial charge in [0, 0.05) is 36.6 Å². The van der Waals surface area contributed by atoms with Gasteiger partial charge in [-0.3, -0.25) is 24.0 Å². The predicted molar refractivity (Wildman–Crippen MR) is 174 cm³/mol. The summed E-state index contributed by atoms with van der Waals surface area (Å²) in [6.45, 7) is 4.89. The Bertz CT molecular complexity index is 1860. The van der Waals surface area contributed by atoms with Crippen LogP contribution in [0, 0.1) is 5.92 Å². The molecule has 15 nitrogen and oxygen atoms in total. The van der Waals surface area contributed by atoms with E-state index in [0.29, 0.717) is 11.6 Å². The molecule has 2 aromatic carbocycles. The number of fused-ring (bicyclic) bond motifs is 1. The smallest absolute Gasteiger partial charge is 0.417 e. The zero-order valence-corrected chi connectivity index (χ0v) is 27.7. The number of benzene rings is 2. The number of hydrogen-bond donors (Lipinski definition) is 7. The van der Waals surface area contributed by atoms with Crippen LogP contribution in [0.3, 0.4) is 0 Å².